The van der Waals surface area contributed by atoms with Gasteiger partial charge < -0.3 is 14.9 Å². The van der Waals surface area contributed by atoms with Crippen molar-refractivity contribution in [2.75, 3.05) is 26.2 Å². The third-order valence-electron chi connectivity index (χ3n) is 3.80. The molecule has 108 valence electrons. The SMILES string of the molecule is CC1CN(CC(N)c2cc3ccccc3o2)CCCO1. The number of benzene rings is 1. The normalized spacial score (nSPS) is 22.8. The molecule has 2 unspecified atom stereocenters. The van der Waals surface area contributed by atoms with Crippen LogP contribution in [0.1, 0.15) is 25.1 Å². The maximum atomic E-state index is 6.31. The van der Waals surface area contributed by atoms with Crippen LogP contribution in [0.4, 0.5) is 0 Å². The van der Waals surface area contributed by atoms with Crippen molar-refractivity contribution in [3.05, 3.63) is 36.1 Å². The van der Waals surface area contributed by atoms with Gasteiger partial charge in [-0.2, -0.15) is 0 Å². The van der Waals surface area contributed by atoms with Crippen LogP contribution in [0, 0.1) is 0 Å². The lowest BCUT2D eigenvalue weighted by Crippen LogP contribution is -2.36. The monoisotopic (exact) mass is 274 g/mol. The molecule has 0 spiro atoms. The summed E-state index contributed by atoms with van der Waals surface area (Å²) in [6.07, 6.45) is 1.34. The van der Waals surface area contributed by atoms with E-state index < -0.39 is 0 Å². The first-order chi connectivity index (χ1) is 9.72. The highest BCUT2D eigenvalue weighted by Gasteiger charge is 2.20. The van der Waals surface area contributed by atoms with Gasteiger partial charge in [0, 0.05) is 31.6 Å². The first-order valence-corrected chi connectivity index (χ1v) is 7.30. The van der Waals surface area contributed by atoms with Crippen LogP contribution in [0.3, 0.4) is 0 Å². The number of nitrogens with two attached hydrogens (primary N) is 1. The number of fused-ring (bicyclic) bond motifs is 1. The van der Waals surface area contributed by atoms with Crippen molar-refractivity contribution >= 4 is 11.0 Å². The Morgan fingerprint density at radius 1 is 1.40 bits per heavy atom. The molecule has 0 saturated carbocycles. The van der Waals surface area contributed by atoms with Crippen molar-refractivity contribution in [1.29, 1.82) is 0 Å². The van der Waals surface area contributed by atoms with Crippen molar-refractivity contribution in [3.8, 4) is 0 Å². The molecule has 0 amide bonds. The van der Waals surface area contributed by atoms with Crippen LogP contribution in [0.25, 0.3) is 11.0 Å². The molecule has 1 aromatic heterocycles. The molecule has 2 aromatic rings. The largest absolute Gasteiger partial charge is 0.459 e. The molecule has 3 rings (SSSR count). The number of ether oxygens (including phenoxy) is 1. The van der Waals surface area contributed by atoms with Crippen molar-refractivity contribution in [2.45, 2.75) is 25.5 Å². The van der Waals surface area contributed by atoms with E-state index in [0.29, 0.717) is 0 Å². The molecule has 2 heterocycles. The van der Waals surface area contributed by atoms with Crippen LogP contribution >= 0.6 is 0 Å². The minimum atomic E-state index is -0.0901. The molecule has 4 heteroatoms. The predicted molar refractivity (Wildman–Crippen MR) is 79.6 cm³/mol. The molecule has 2 atom stereocenters. The number of para-hydroxylation sites is 1. The van der Waals surface area contributed by atoms with Crippen molar-refractivity contribution in [1.82, 2.24) is 4.90 Å². The molecule has 1 saturated heterocycles. The van der Waals surface area contributed by atoms with Gasteiger partial charge in [0.2, 0.25) is 0 Å². The summed E-state index contributed by atoms with van der Waals surface area (Å²) in [7, 11) is 0. The highest BCUT2D eigenvalue weighted by Crippen LogP contribution is 2.23. The van der Waals surface area contributed by atoms with Gasteiger partial charge in [-0.3, -0.25) is 4.90 Å². The van der Waals surface area contributed by atoms with Crippen molar-refractivity contribution < 1.29 is 9.15 Å². The second kappa shape index (κ2) is 5.95. The van der Waals surface area contributed by atoms with Gasteiger partial charge >= 0.3 is 0 Å². The lowest BCUT2D eigenvalue weighted by Gasteiger charge is -2.24. The van der Waals surface area contributed by atoms with Crippen molar-refractivity contribution in [3.63, 3.8) is 0 Å². The fraction of sp³-hybridized carbons (Fsp3) is 0.500. The van der Waals surface area contributed by atoms with E-state index in [1.54, 1.807) is 0 Å². The average Bonchev–Trinajstić information content (AvgIpc) is 2.77. The van der Waals surface area contributed by atoms with Gasteiger partial charge in [0.1, 0.15) is 11.3 Å². The smallest absolute Gasteiger partial charge is 0.134 e. The summed E-state index contributed by atoms with van der Waals surface area (Å²) in [6.45, 7) is 5.75. The molecule has 0 bridgehead atoms. The number of rotatable bonds is 3. The second-order valence-electron chi connectivity index (χ2n) is 5.59. The van der Waals surface area contributed by atoms with Crippen LogP contribution in [0.15, 0.2) is 34.7 Å². The van der Waals surface area contributed by atoms with Gasteiger partial charge in [0.05, 0.1) is 12.1 Å². The minimum Gasteiger partial charge on any atom is -0.459 e. The fourth-order valence-electron chi connectivity index (χ4n) is 2.80. The van der Waals surface area contributed by atoms with Crippen molar-refractivity contribution in [2.24, 2.45) is 5.73 Å². The minimum absolute atomic E-state index is 0.0901. The maximum absolute atomic E-state index is 6.31. The molecule has 1 aliphatic rings. The van der Waals surface area contributed by atoms with E-state index in [1.807, 2.05) is 18.2 Å². The van der Waals surface area contributed by atoms with E-state index in [9.17, 15) is 0 Å². The molecule has 1 aromatic carbocycles. The third kappa shape index (κ3) is 3.03. The van der Waals surface area contributed by atoms with Gasteiger partial charge in [-0.15, -0.1) is 0 Å². The summed E-state index contributed by atoms with van der Waals surface area (Å²) < 4.78 is 11.5. The Morgan fingerprint density at radius 2 is 2.25 bits per heavy atom. The zero-order valence-corrected chi connectivity index (χ0v) is 11.9. The number of nitrogens with zero attached hydrogens (tertiary/aromatic N) is 1. The van der Waals surface area contributed by atoms with Gasteiger partial charge in [-0.1, -0.05) is 18.2 Å². The van der Waals surface area contributed by atoms with E-state index in [-0.39, 0.29) is 12.1 Å². The summed E-state index contributed by atoms with van der Waals surface area (Å²) in [4.78, 5) is 2.37. The summed E-state index contributed by atoms with van der Waals surface area (Å²) >= 11 is 0. The number of hydrogen-bond acceptors (Lipinski definition) is 4. The average molecular weight is 274 g/mol. The van der Waals surface area contributed by atoms with Crippen LogP contribution in [0.2, 0.25) is 0 Å². The first-order valence-electron chi connectivity index (χ1n) is 7.30. The molecule has 2 N–H and O–H groups in total. The van der Waals surface area contributed by atoms with Gasteiger partial charge in [-0.25, -0.2) is 0 Å². The van der Waals surface area contributed by atoms with Gasteiger partial charge in [-0.05, 0) is 25.5 Å². The highest BCUT2D eigenvalue weighted by atomic mass is 16.5. The fourth-order valence-corrected chi connectivity index (χ4v) is 2.80. The Morgan fingerprint density at radius 3 is 3.10 bits per heavy atom. The predicted octanol–water partition coefficient (Wildman–Crippen LogP) is 2.54. The van der Waals surface area contributed by atoms with E-state index in [2.05, 4.69) is 24.0 Å². The summed E-state index contributed by atoms with van der Waals surface area (Å²) in [5.41, 5.74) is 7.22. The molecule has 0 radical (unpaired) electrons. The summed E-state index contributed by atoms with van der Waals surface area (Å²) in [5, 5.41) is 1.12. The quantitative estimate of drug-likeness (QED) is 0.934. The van der Waals surface area contributed by atoms with Crippen LogP contribution in [-0.4, -0.2) is 37.2 Å². The van der Waals surface area contributed by atoms with E-state index in [1.165, 1.54) is 0 Å². The van der Waals surface area contributed by atoms with E-state index in [0.717, 1.165) is 49.4 Å². The molecular formula is C16H22N2O2. The molecular weight excluding hydrogens is 252 g/mol. The molecule has 1 aliphatic heterocycles. The Balaban J connectivity index is 1.70. The molecule has 1 fully saturated rings. The topological polar surface area (TPSA) is 51.6 Å². The van der Waals surface area contributed by atoms with Gasteiger partial charge in [0.15, 0.2) is 0 Å². The number of furan rings is 1. The summed E-state index contributed by atoms with van der Waals surface area (Å²) in [5.74, 6) is 0.865. The van der Waals surface area contributed by atoms with Gasteiger partial charge in [0.25, 0.3) is 0 Å². The second-order valence-corrected chi connectivity index (χ2v) is 5.59. The Bertz CT molecular complexity index is 533. The molecule has 0 aliphatic carbocycles. The Hall–Kier alpha value is -1.36. The lowest BCUT2D eigenvalue weighted by molar-refractivity contribution is 0.0667. The molecule has 4 nitrogen and oxygen atoms in total. The zero-order valence-electron chi connectivity index (χ0n) is 11.9. The van der Waals surface area contributed by atoms with Crippen LogP contribution < -0.4 is 5.73 Å². The number of hydrogen-bond donors (Lipinski definition) is 1. The van der Waals surface area contributed by atoms with E-state index in [4.69, 9.17) is 14.9 Å². The van der Waals surface area contributed by atoms with Crippen LogP contribution in [0.5, 0.6) is 0 Å². The highest BCUT2D eigenvalue weighted by molar-refractivity contribution is 5.77. The maximum Gasteiger partial charge on any atom is 0.134 e. The Labute approximate surface area is 119 Å². The summed E-state index contributed by atoms with van der Waals surface area (Å²) in [6, 6.07) is 9.99. The standard InChI is InChI=1S/C16H22N2O2/c1-12-10-18(7-4-8-19-12)11-14(17)16-9-13-5-2-3-6-15(13)20-16/h2-3,5-6,9,12,14H,4,7-8,10-11,17H2,1H3. The zero-order chi connectivity index (χ0) is 13.9. The van der Waals surface area contributed by atoms with E-state index >= 15 is 0 Å². The molecule has 20 heavy (non-hydrogen) atoms. The third-order valence-corrected chi connectivity index (χ3v) is 3.80. The first kappa shape index (κ1) is 13.6. The van der Waals surface area contributed by atoms with Crippen LogP contribution in [-0.2, 0) is 4.74 Å². The lowest BCUT2D eigenvalue weighted by atomic mass is 10.2. The Kier molecular flexibility index (Phi) is 4.05.